The third kappa shape index (κ3) is 2.47. The second-order valence-corrected chi connectivity index (χ2v) is 4.66. The summed E-state index contributed by atoms with van der Waals surface area (Å²) in [5.41, 5.74) is 2.85. The first-order valence-electron chi connectivity index (χ1n) is 5.61. The Bertz CT molecular complexity index is 546. The van der Waals surface area contributed by atoms with Crippen LogP contribution in [0.4, 0.5) is 0 Å². The summed E-state index contributed by atoms with van der Waals surface area (Å²) in [5.74, 6) is 0.177. The Balaban J connectivity index is 2.60. The number of carbonyl (C=O) groups excluding carboxylic acids is 1. The monoisotopic (exact) mass is 288 g/mol. The fourth-order valence-corrected chi connectivity index (χ4v) is 2.33. The van der Waals surface area contributed by atoms with E-state index in [0.29, 0.717) is 6.42 Å². The molecule has 0 bridgehead atoms. The van der Waals surface area contributed by atoms with Gasteiger partial charge in [0.1, 0.15) is 0 Å². The summed E-state index contributed by atoms with van der Waals surface area (Å²) < 4.78 is 1.01. The van der Waals surface area contributed by atoms with Crippen LogP contribution in [0.5, 0.6) is 0 Å². The van der Waals surface area contributed by atoms with Crippen LogP contribution < -0.4 is 0 Å². The van der Waals surface area contributed by atoms with Crippen molar-refractivity contribution in [2.24, 2.45) is 0 Å². The van der Waals surface area contributed by atoms with Gasteiger partial charge in [0.15, 0.2) is 5.78 Å². The van der Waals surface area contributed by atoms with Crippen molar-refractivity contribution in [3.8, 4) is 11.1 Å². The van der Waals surface area contributed by atoms with Crippen molar-refractivity contribution in [3.63, 3.8) is 0 Å². The van der Waals surface area contributed by atoms with Gasteiger partial charge in [0.25, 0.3) is 0 Å². The molecule has 86 valence electrons. The number of rotatable bonds is 3. The van der Waals surface area contributed by atoms with Gasteiger partial charge < -0.3 is 0 Å². The van der Waals surface area contributed by atoms with Crippen molar-refractivity contribution in [2.45, 2.75) is 13.3 Å². The Labute approximate surface area is 110 Å². The van der Waals surface area contributed by atoms with Gasteiger partial charge in [-0.25, -0.2) is 0 Å². The lowest BCUT2D eigenvalue weighted by atomic mass is 9.96. The van der Waals surface area contributed by atoms with Crippen LogP contribution in [-0.4, -0.2) is 5.78 Å². The summed E-state index contributed by atoms with van der Waals surface area (Å²) in [5, 5.41) is 0. The van der Waals surface area contributed by atoms with Gasteiger partial charge in [-0.15, -0.1) is 0 Å². The van der Waals surface area contributed by atoms with Gasteiger partial charge in [0, 0.05) is 16.5 Å². The molecule has 2 rings (SSSR count). The quantitative estimate of drug-likeness (QED) is 0.748. The lowest BCUT2D eigenvalue weighted by Crippen LogP contribution is -1.99. The van der Waals surface area contributed by atoms with Gasteiger partial charge >= 0.3 is 0 Å². The minimum Gasteiger partial charge on any atom is -0.294 e. The van der Waals surface area contributed by atoms with E-state index in [4.69, 9.17) is 0 Å². The molecule has 0 spiro atoms. The Hall–Kier alpha value is -1.41. The zero-order chi connectivity index (χ0) is 12.3. The number of benzene rings is 2. The maximum atomic E-state index is 11.9. The van der Waals surface area contributed by atoms with Gasteiger partial charge in [-0.2, -0.15) is 0 Å². The van der Waals surface area contributed by atoms with Crippen molar-refractivity contribution in [2.75, 3.05) is 0 Å². The molecule has 0 fully saturated rings. The van der Waals surface area contributed by atoms with E-state index in [0.717, 1.165) is 21.2 Å². The van der Waals surface area contributed by atoms with Crippen molar-refractivity contribution < 1.29 is 4.79 Å². The third-order valence-electron chi connectivity index (χ3n) is 2.71. The van der Waals surface area contributed by atoms with E-state index in [-0.39, 0.29) is 5.78 Å². The van der Waals surface area contributed by atoms with Crippen LogP contribution in [0.3, 0.4) is 0 Å². The van der Waals surface area contributed by atoms with Crippen LogP contribution in [0.25, 0.3) is 11.1 Å². The molecule has 2 aromatic rings. The number of Topliss-reactive ketones (excluding diaryl/α,β-unsaturated/α-hetero) is 1. The molecule has 0 saturated heterocycles. The van der Waals surface area contributed by atoms with Gasteiger partial charge in [-0.1, -0.05) is 65.3 Å². The molecule has 0 heterocycles. The largest absolute Gasteiger partial charge is 0.294 e. The fraction of sp³-hybridized carbons (Fsp3) is 0.133. The van der Waals surface area contributed by atoms with E-state index < -0.39 is 0 Å². The van der Waals surface area contributed by atoms with Crippen LogP contribution in [0, 0.1) is 0 Å². The van der Waals surface area contributed by atoms with Gasteiger partial charge in [0.2, 0.25) is 0 Å². The maximum absolute atomic E-state index is 11.9. The zero-order valence-electron chi connectivity index (χ0n) is 9.61. The summed E-state index contributed by atoms with van der Waals surface area (Å²) in [4.78, 5) is 11.9. The summed E-state index contributed by atoms with van der Waals surface area (Å²) in [6.45, 7) is 1.89. The maximum Gasteiger partial charge on any atom is 0.163 e. The first-order valence-corrected chi connectivity index (χ1v) is 6.40. The Morgan fingerprint density at radius 3 is 2.24 bits per heavy atom. The van der Waals surface area contributed by atoms with Crippen LogP contribution in [0.1, 0.15) is 23.7 Å². The normalized spacial score (nSPS) is 10.2. The molecular formula is C15H13BrO. The Morgan fingerprint density at radius 2 is 1.59 bits per heavy atom. The smallest absolute Gasteiger partial charge is 0.163 e. The molecule has 17 heavy (non-hydrogen) atoms. The van der Waals surface area contributed by atoms with Crippen LogP contribution in [0.2, 0.25) is 0 Å². The highest BCUT2D eigenvalue weighted by Crippen LogP contribution is 2.30. The molecule has 0 aliphatic rings. The van der Waals surface area contributed by atoms with Crippen molar-refractivity contribution in [1.82, 2.24) is 0 Å². The number of hydrogen-bond donors (Lipinski definition) is 0. The van der Waals surface area contributed by atoms with Crippen molar-refractivity contribution >= 4 is 21.7 Å². The number of hydrogen-bond acceptors (Lipinski definition) is 1. The summed E-state index contributed by atoms with van der Waals surface area (Å²) >= 11 is 3.53. The van der Waals surface area contributed by atoms with Gasteiger partial charge in [-0.3, -0.25) is 4.79 Å². The highest BCUT2D eigenvalue weighted by Gasteiger charge is 2.11. The number of ketones is 1. The zero-order valence-corrected chi connectivity index (χ0v) is 11.2. The molecule has 0 radical (unpaired) electrons. The Morgan fingerprint density at radius 1 is 1.00 bits per heavy atom. The SMILES string of the molecule is CCC(=O)c1ccccc1-c1ccccc1Br. The van der Waals surface area contributed by atoms with Crippen molar-refractivity contribution in [1.29, 1.82) is 0 Å². The van der Waals surface area contributed by atoms with E-state index >= 15 is 0 Å². The average Bonchev–Trinajstić information content (AvgIpc) is 2.38. The molecular weight excluding hydrogens is 276 g/mol. The molecule has 0 atom stereocenters. The molecule has 0 N–H and O–H groups in total. The molecule has 0 amide bonds. The van der Waals surface area contributed by atoms with E-state index in [1.807, 2.05) is 55.5 Å². The highest BCUT2D eigenvalue weighted by molar-refractivity contribution is 9.10. The third-order valence-corrected chi connectivity index (χ3v) is 3.40. The number of halogens is 1. The first-order chi connectivity index (χ1) is 8.24. The topological polar surface area (TPSA) is 17.1 Å². The summed E-state index contributed by atoms with van der Waals surface area (Å²) in [6, 6.07) is 15.7. The van der Waals surface area contributed by atoms with Gasteiger partial charge in [0.05, 0.1) is 0 Å². The van der Waals surface area contributed by atoms with E-state index in [9.17, 15) is 4.79 Å². The summed E-state index contributed by atoms with van der Waals surface area (Å²) in [7, 11) is 0. The number of carbonyl (C=O) groups is 1. The minimum atomic E-state index is 0.177. The predicted molar refractivity (Wildman–Crippen MR) is 74.2 cm³/mol. The fourth-order valence-electron chi connectivity index (χ4n) is 1.83. The first kappa shape index (κ1) is 12.1. The second kappa shape index (κ2) is 5.28. The lowest BCUT2D eigenvalue weighted by Gasteiger charge is -2.09. The van der Waals surface area contributed by atoms with Gasteiger partial charge in [-0.05, 0) is 17.2 Å². The van der Waals surface area contributed by atoms with Crippen LogP contribution in [0.15, 0.2) is 53.0 Å². The average molecular weight is 289 g/mol. The highest BCUT2D eigenvalue weighted by atomic mass is 79.9. The standard InChI is InChI=1S/C15H13BrO/c1-2-15(17)13-9-4-3-7-11(13)12-8-5-6-10-14(12)16/h3-10H,2H2,1H3. The molecule has 1 nitrogen and oxygen atoms in total. The molecule has 0 aliphatic heterocycles. The molecule has 0 unspecified atom stereocenters. The van der Waals surface area contributed by atoms with E-state index in [2.05, 4.69) is 15.9 Å². The Kier molecular flexibility index (Phi) is 3.75. The molecule has 0 saturated carbocycles. The van der Waals surface area contributed by atoms with Crippen molar-refractivity contribution in [3.05, 3.63) is 58.6 Å². The predicted octanol–water partition coefficient (Wildman–Crippen LogP) is 4.71. The molecule has 0 aromatic heterocycles. The summed E-state index contributed by atoms with van der Waals surface area (Å²) in [6.07, 6.45) is 0.529. The molecule has 2 aromatic carbocycles. The van der Waals surface area contributed by atoms with Crippen LogP contribution in [-0.2, 0) is 0 Å². The lowest BCUT2D eigenvalue weighted by molar-refractivity contribution is 0.0989. The minimum absolute atomic E-state index is 0.177. The molecule has 0 aliphatic carbocycles. The second-order valence-electron chi connectivity index (χ2n) is 3.80. The van der Waals surface area contributed by atoms with E-state index in [1.165, 1.54) is 0 Å². The van der Waals surface area contributed by atoms with E-state index in [1.54, 1.807) is 0 Å². The van der Waals surface area contributed by atoms with Crippen LogP contribution >= 0.6 is 15.9 Å². The molecule has 2 heteroatoms.